The van der Waals surface area contributed by atoms with Gasteiger partial charge in [0.2, 0.25) is 6.54 Å². The number of nitro groups is 1. The number of rotatable bonds is 3. The Balaban J connectivity index is 2.91. The first-order chi connectivity index (χ1) is 6.63. The average Bonchev–Trinajstić information content (AvgIpc) is 2.15. The Morgan fingerprint density at radius 3 is 2.50 bits per heavy atom. The first kappa shape index (κ1) is 10.5. The standard InChI is InChI=1S/C8H7ClN2O3/c9-7-3-1-6(2-4-7)8(10-12)5-11(13)14/h1-4,12H,5H2/b10-8-. The van der Waals surface area contributed by atoms with Gasteiger partial charge in [0.15, 0.2) is 5.71 Å². The highest BCUT2D eigenvalue weighted by Crippen LogP contribution is 2.10. The Hall–Kier alpha value is -1.62. The summed E-state index contributed by atoms with van der Waals surface area (Å²) in [4.78, 5) is 9.63. The lowest BCUT2D eigenvalue weighted by atomic mass is 10.1. The smallest absolute Gasteiger partial charge is 0.249 e. The second-order valence-electron chi connectivity index (χ2n) is 2.54. The zero-order valence-corrected chi connectivity index (χ0v) is 7.81. The molecule has 0 fully saturated rings. The second-order valence-corrected chi connectivity index (χ2v) is 2.98. The summed E-state index contributed by atoms with van der Waals surface area (Å²) in [6.45, 7) is -0.516. The molecule has 0 aliphatic heterocycles. The lowest BCUT2D eigenvalue weighted by molar-refractivity contribution is -0.463. The number of hydrogen-bond acceptors (Lipinski definition) is 4. The van der Waals surface area contributed by atoms with Gasteiger partial charge in [-0.15, -0.1) is 0 Å². The van der Waals surface area contributed by atoms with Gasteiger partial charge in [0.05, 0.1) is 0 Å². The monoisotopic (exact) mass is 214 g/mol. The summed E-state index contributed by atoms with van der Waals surface area (Å²) >= 11 is 5.63. The third-order valence-corrected chi connectivity index (χ3v) is 1.83. The van der Waals surface area contributed by atoms with Crippen molar-refractivity contribution >= 4 is 17.3 Å². The quantitative estimate of drug-likeness (QED) is 0.361. The number of hydrogen-bond donors (Lipinski definition) is 1. The molecule has 1 N–H and O–H groups in total. The summed E-state index contributed by atoms with van der Waals surface area (Å²) in [7, 11) is 0. The molecule has 0 bridgehead atoms. The minimum absolute atomic E-state index is 0.00617. The molecule has 0 aromatic heterocycles. The Kier molecular flexibility index (Phi) is 3.41. The van der Waals surface area contributed by atoms with Crippen LogP contribution in [0.15, 0.2) is 29.4 Å². The largest absolute Gasteiger partial charge is 0.410 e. The summed E-state index contributed by atoms with van der Waals surface area (Å²) < 4.78 is 0. The lowest BCUT2D eigenvalue weighted by Gasteiger charge is -1.99. The van der Waals surface area contributed by atoms with E-state index in [0.29, 0.717) is 10.6 Å². The Morgan fingerprint density at radius 2 is 2.07 bits per heavy atom. The van der Waals surface area contributed by atoms with E-state index < -0.39 is 11.5 Å². The third-order valence-electron chi connectivity index (χ3n) is 1.58. The van der Waals surface area contributed by atoms with Gasteiger partial charge in [-0.1, -0.05) is 28.9 Å². The Labute approximate surface area is 84.8 Å². The Bertz CT molecular complexity index is 361. The molecule has 74 valence electrons. The summed E-state index contributed by atoms with van der Waals surface area (Å²) in [5, 5.41) is 22.1. The van der Waals surface area contributed by atoms with E-state index in [9.17, 15) is 10.1 Å². The lowest BCUT2D eigenvalue weighted by Crippen LogP contribution is -2.14. The van der Waals surface area contributed by atoms with Crippen LogP contribution in [-0.2, 0) is 0 Å². The normalized spacial score (nSPS) is 11.4. The van der Waals surface area contributed by atoms with Crippen LogP contribution in [0.4, 0.5) is 0 Å². The van der Waals surface area contributed by atoms with Crippen molar-refractivity contribution in [2.24, 2.45) is 5.16 Å². The van der Waals surface area contributed by atoms with Crippen LogP contribution in [0.3, 0.4) is 0 Å². The predicted molar refractivity (Wildman–Crippen MR) is 51.6 cm³/mol. The fourth-order valence-electron chi connectivity index (χ4n) is 0.945. The van der Waals surface area contributed by atoms with Crippen LogP contribution >= 0.6 is 11.6 Å². The second kappa shape index (κ2) is 4.57. The van der Waals surface area contributed by atoms with Crippen LogP contribution in [0, 0.1) is 10.1 Å². The fourth-order valence-corrected chi connectivity index (χ4v) is 1.07. The number of halogens is 1. The molecule has 0 aliphatic carbocycles. The number of benzene rings is 1. The molecule has 0 saturated carbocycles. The van der Waals surface area contributed by atoms with Crippen LogP contribution in [-0.4, -0.2) is 22.4 Å². The summed E-state index contributed by atoms with van der Waals surface area (Å²) in [5.41, 5.74) is 0.486. The van der Waals surface area contributed by atoms with Gasteiger partial charge in [-0.3, -0.25) is 10.1 Å². The molecule has 0 heterocycles. The maximum absolute atomic E-state index is 10.2. The summed E-state index contributed by atoms with van der Waals surface area (Å²) in [6.07, 6.45) is 0. The first-order valence-corrected chi connectivity index (χ1v) is 4.10. The van der Waals surface area contributed by atoms with Crippen molar-refractivity contribution in [1.29, 1.82) is 0 Å². The summed E-state index contributed by atoms with van der Waals surface area (Å²) in [5.74, 6) is 0. The van der Waals surface area contributed by atoms with Gasteiger partial charge < -0.3 is 5.21 Å². The molecule has 1 aromatic carbocycles. The highest BCUT2D eigenvalue weighted by Gasteiger charge is 2.10. The van der Waals surface area contributed by atoms with Crippen LogP contribution in [0.25, 0.3) is 0 Å². The maximum Gasteiger partial charge on any atom is 0.249 e. The topological polar surface area (TPSA) is 75.7 Å². The van der Waals surface area contributed by atoms with E-state index in [1.165, 1.54) is 0 Å². The van der Waals surface area contributed by atoms with Gasteiger partial charge in [-0.2, -0.15) is 0 Å². The number of oxime groups is 1. The van der Waals surface area contributed by atoms with Gasteiger partial charge >= 0.3 is 0 Å². The SMILES string of the molecule is O=[N+]([O-])C/C(=N/O)c1ccc(Cl)cc1. The van der Waals surface area contributed by atoms with Gasteiger partial charge in [0.25, 0.3) is 0 Å². The van der Waals surface area contributed by atoms with E-state index in [4.69, 9.17) is 16.8 Å². The minimum atomic E-state index is -0.566. The molecule has 0 amide bonds. The molecular weight excluding hydrogens is 208 g/mol. The van der Waals surface area contributed by atoms with Gasteiger partial charge in [-0.05, 0) is 12.1 Å². The van der Waals surface area contributed by atoms with Crippen LogP contribution in [0.1, 0.15) is 5.56 Å². The summed E-state index contributed by atoms with van der Waals surface area (Å²) in [6, 6.07) is 6.26. The molecule has 5 nitrogen and oxygen atoms in total. The molecule has 14 heavy (non-hydrogen) atoms. The van der Waals surface area contributed by atoms with Crippen molar-refractivity contribution in [1.82, 2.24) is 0 Å². The van der Waals surface area contributed by atoms with Crippen molar-refractivity contribution in [3.05, 3.63) is 45.0 Å². The van der Waals surface area contributed by atoms with Crippen LogP contribution in [0.5, 0.6) is 0 Å². The van der Waals surface area contributed by atoms with Crippen LogP contribution in [0.2, 0.25) is 5.02 Å². The van der Waals surface area contributed by atoms with E-state index in [-0.39, 0.29) is 5.71 Å². The van der Waals surface area contributed by atoms with Crippen molar-refractivity contribution in [2.75, 3.05) is 6.54 Å². The maximum atomic E-state index is 10.2. The molecule has 0 spiro atoms. The zero-order valence-electron chi connectivity index (χ0n) is 7.05. The van der Waals surface area contributed by atoms with Crippen molar-refractivity contribution < 1.29 is 10.1 Å². The Morgan fingerprint density at radius 1 is 1.50 bits per heavy atom. The van der Waals surface area contributed by atoms with Gasteiger partial charge in [0.1, 0.15) is 0 Å². The van der Waals surface area contributed by atoms with Gasteiger partial charge in [0, 0.05) is 15.5 Å². The van der Waals surface area contributed by atoms with E-state index >= 15 is 0 Å². The molecule has 0 unspecified atom stereocenters. The first-order valence-electron chi connectivity index (χ1n) is 3.72. The van der Waals surface area contributed by atoms with Crippen molar-refractivity contribution in [3.8, 4) is 0 Å². The van der Waals surface area contributed by atoms with E-state index in [0.717, 1.165) is 0 Å². The molecule has 0 saturated heterocycles. The van der Waals surface area contributed by atoms with Gasteiger partial charge in [-0.25, -0.2) is 0 Å². The number of nitrogens with zero attached hydrogens (tertiary/aromatic N) is 2. The fraction of sp³-hybridized carbons (Fsp3) is 0.125. The molecule has 0 radical (unpaired) electrons. The molecule has 1 rings (SSSR count). The molecule has 0 aliphatic rings. The van der Waals surface area contributed by atoms with Crippen LogP contribution < -0.4 is 0 Å². The molecular formula is C8H7ClN2O3. The highest BCUT2D eigenvalue weighted by molar-refractivity contribution is 6.30. The van der Waals surface area contributed by atoms with Crippen molar-refractivity contribution in [2.45, 2.75) is 0 Å². The van der Waals surface area contributed by atoms with E-state index in [1.54, 1.807) is 24.3 Å². The molecule has 6 heteroatoms. The highest BCUT2D eigenvalue weighted by atomic mass is 35.5. The molecule has 1 aromatic rings. The molecule has 0 atom stereocenters. The predicted octanol–water partition coefficient (Wildman–Crippen LogP) is 1.79. The zero-order chi connectivity index (χ0) is 10.6. The minimum Gasteiger partial charge on any atom is -0.410 e. The third kappa shape index (κ3) is 2.70. The van der Waals surface area contributed by atoms with E-state index in [1.807, 2.05) is 0 Å². The van der Waals surface area contributed by atoms with Crippen molar-refractivity contribution in [3.63, 3.8) is 0 Å². The average molecular weight is 215 g/mol. The van der Waals surface area contributed by atoms with E-state index in [2.05, 4.69) is 5.16 Å².